The van der Waals surface area contributed by atoms with E-state index in [1.165, 1.54) is 38.5 Å². The van der Waals surface area contributed by atoms with Crippen molar-refractivity contribution in [2.45, 2.75) is 84.0 Å². The summed E-state index contributed by atoms with van der Waals surface area (Å²) in [6, 6.07) is 4.07. The maximum atomic E-state index is 13.1. The lowest BCUT2D eigenvalue weighted by atomic mass is 9.49. The average molecular weight is 563 g/mol. The Hall–Kier alpha value is -3.30. The molecule has 10 heteroatoms. The average Bonchev–Trinajstić information content (AvgIpc) is 2.90. The highest BCUT2D eigenvalue weighted by atomic mass is 16.2. The van der Waals surface area contributed by atoms with E-state index in [2.05, 4.69) is 32.3 Å². The number of amides is 6. The first kappa shape index (κ1) is 26.6. The van der Waals surface area contributed by atoms with Crippen LogP contribution in [0.1, 0.15) is 82.6 Å². The van der Waals surface area contributed by atoms with E-state index in [0.29, 0.717) is 46.9 Å². The van der Waals surface area contributed by atoms with E-state index in [1.54, 1.807) is 18.2 Å². The van der Waals surface area contributed by atoms with Gasteiger partial charge in [-0.05, 0) is 137 Å². The van der Waals surface area contributed by atoms with Crippen LogP contribution in [-0.4, -0.2) is 23.9 Å². The van der Waals surface area contributed by atoms with E-state index in [-0.39, 0.29) is 22.6 Å². The van der Waals surface area contributed by atoms with Crippen LogP contribution in [0.15, 0.2) is 18.2 Å². The van der Waals surface area contributed by atoms with Crippen LogP contribution in [0.5, 0.6) is 0 Å². The molecule has 8 aliphatic carbocycles. The minimum atomic E-state index is -0.551. The molecule has 0 aromatic heterocycles. The van der Waals surface area contributed by atoms with Gasteiger partial charge in [-0.1, -0.05) is 6.07 Å². The zero-order chi connectivity index (χ0) is 28.4. The molecule has 0 radical (unpaired) electrons. The van der Waals surface area contributed by atoms with E-state index in [0.717, 1.165) is 44.1 Å². The van der Waals surface area contributed by atoms with E-state index in [9.17, 15) is 19.2 Å². The standard InChI is InChI=1S/C31H42N6O4/c1-17-2-3-24(32-28(40)36-34-26(38)30-11-18-4-19(12-30)6-20(5-18)13-30)10-25(17)33-29(41)37-35-27(39)31-14-21-7-22(15-31)9-23(8-21)16-31/h2-3,10,18-23H,4-9,11-16H2,1H3,(H,34,38)(H,35,39)(H2,32,36,40)(H2,33,37,41). The van der Waals surface area contributed by atoms with Crippen molar-refractivity contribution in [3.8, 4) is 0 Å². The summed E-state index contributed by atoms with van der Waals surface area (Å²) >= 11 is 0. The van der Waals surface area contributed by atoms with Crippen LogP contribution in [0.2, 0.25) is 0 Å². The maximum absolute atomic E-state index is 13.1. The molecule has 8 fully saturated rings. The highest BCUT2D eigenvalue weighted by molar-refractivity contribution is 5.95. The summed E-state index contributed by atoms with van der Waals surface area (Å²) in [6.45, 7) is 1.85. The lowest BCUT2D eigenvalue weighted by Gasteiger charge is -2.55. The molecule has 220 valence electrons. The molecule has 0 aliphatic heterocycles. The fourth-order valence-corrected chi connectivity index (χ4v) is 10.4. The van der Waals surface area contributed by atoms with Crippen molar-refractivity contribution < 1.29 is 19.2 Å². The van der Waals surface area contributed by atoms with Crippen molar-refractivity contribution in [3.05, 3.63) is 23.8 Å². The van der Waals surface area contributed by atoms with Gasteiger partial charge in [-0.15, -0.1) is 0 Å². The smallest absolute Gasteiger partial charge is 0.307 e. The number of aryl methyl sites for hydroxylation is 1. The van der Waals surface area contributed by atoms with Crippen molar-refractivity contribution in [1.82, 2.24) is 21.7 Å². The molecular formula is C31H42N6O4. The highest BCUT2D eigenvalue weighted by Gasteiger charge is 2.55. The van der Waals surface area contributed by atoms with Gasteiger partial charge in [0.1, 0.15) is 0 Å². The Morgan fingerprint density at radius 2 is 0.976 bits per heavy atom. The fourth-order valence-electron chi connectivity index (χ4n) is 10.4. The van der Waals surface area contributed by atoms with Crippen LogP contribution in [0, 0.1) is 53.3 Å². The topological polar surface area (TPSA) is 140 Å². The molecule has 8 aliphatic rings. The SMILES string of the molecule is Cc1ccc(NC(=O)NNC(=O)C23CC4CC(CC(C4)C2)C3)cc1NC(=O)NNC(=O)C12CC3CC(CC(C3)C1)C2. The molecule has 0 saturated heterocycles. The van der Waals surface area contributed by atoms with Crippen molar-refractivity contribution in [1.29, 1.82) is 0 Å². The first-order chi connectivity index (χ1) is 19.7. The van der Waals surface area contributed by atoms with Crippen molar-refractivity contribution in [3.63, 3.8) is 0 Å². The summed E-state index contributed by atoms with van der Waals surface area (Å²) in [5.74, 6) is 3.69. The molecule has 1 aromatic carbocycles. The number of hydrogen-bond donors (Lipinski definition) is 6. The molecule has 6 N–H and O–H groups in total. The molecule has 8 saturated carbocycles. The molecule has 0 spiro atoms. The van der Waals surface area contributed by atoms with Gasteiger partial charge in [-0.3, -0.25) is 20.4 Å². The Morgan fingerprint density at radius 1 is 0.585 bits per heavy atom. The number of rotatable bonds is 4. The molecular weight excluding hydrogens is 520 g/mol. The van der Waals surface area contributed by atoms with Crippen molar-refractivity contribution in [2.75, 3.05) is 10.6 Å². The minimum Gasteiger partial charge on any atom is -0.307 e. The third-order valence-electron chi connectivity index (χ3n) is 11.4. The first-order valence-electron chi connectivity index (χ1n) is 15.5. The van der Waals surface area contributed by atoms with E-state index in [4.69, 9.17) is 0 Å². The molecule has 1 aromatic rings. The Bertz CT molecular complexity index is 1210. The predicted molar refractivity (Wildman–Crippen MR) is 153 cm³/mol. The largest absolute Gasteiger partial charge is 0.337 e. The molecule has 6 amide bonds. The molecule has 41 heavy (non-hydrogen) atoms. The Labute approximate surface area is 240 Å². The molecule has 0 heterocycles. The van der Waals surface area contributed by atoms with E-state index < -0.39 is 12.1 Å². The number of benzene rings is 1. The Kier molecular flexibility index (Phi) is 6.43. The number of hydrogen-bond acceptors (Lipinski definition) is 4. The predicted octanol–water partition coefficient (Wildman–Crippen LogP) is 4.73. The van der Waals surface area contributed by atoms with Gasteiger partial charge >= 0.3 is 12.1 Å². The van der Waals surface area contributed by atoms with Gasteiger partial charge in [0, 0.05) is 11.4 Å². The monoisotopic (exact) mass is 562 g/mol. The summed E-state index contributed by atoms with van der Waals surface area (Å²) < 4.78 is 0. The van der Waals surface area contributed by atoms with Crippen molar-refractivity contribution in [2.24, 2.45) is 46.3 Å². The van der Waals surface area contributed by atoms with Crippen molar-refractivity contribution >= 4 is 35.3 Å². The number of hydrazine groups is 2. The van der Waals surface area contributed by atoms with Crippen LogP contribution in [0.4, 0.5) is 21.0 Å². The van der Waals surface area contributed by atoms with Crippen LogP contribution >= 0.6 is 0 Å². The summed E-state index contributed by atoms with van der Waals surface area (Å²) in [7, 11) is 0. The summed E-state index contributed by atoms with van der Waals surface area (Å²) in [6.07, 6.45) is 13.0. The number of anilines is 2. The maximum Gasteiger partial charge on any atom is 0.337 e. The number of urea groups is 2. The molecule has 8 bridgehead atoms. The van der Waals surface area contributed by atoms with Gasteiger partial charge in [-0.25, -0.2) is 20.4 Å². The second kappa shape index (κ2) is 9.91. The molecule has 10 nitrogen and oxygen atoms in total. The summed E-state index contributed by atoms with van der Waals surface area (Å²) in [4.78, 5) is 51.6. The van der Waals surface area contributed by atoms with Gasteiger partial charge < -0.3 is 10.6 Å². The van der Waals surface area contributed by atoms with Gasteiger partial charge in [0.2, 0.25) is 11.8 Å². The molecule has 9 rings (SSSR count). The van der Waals surface area contributed by atoms with Crippen LogP contribution in [-0.2, 0) is 9.59 Å². The van der Waals surface area contributed by atoms with Crippen LogP contribution < -0.4 is 32.3 Å². The third kappa shape index (κ3) is 5.03. The zero-order valence-corrected chi connectivity index (χ0v) is 23.8. The summed E-state index contributed by atoms with van der Waals surface area (Å²) in [5, 5.41) is 5.50. The fraction of sp³-hybridized carbons (Fsp3) is 0.677. The van der Waals surface area contributed by atoms with Crippen LogP contribution in [0.3, 0.4) is 0 Å². The lowest BCUT2D eigenvalue weighted by Crippen LogP contribution is -2.57. The second-order valence-corrected chi connectivity index (χ2v) is 14.5. The first-order valence-corrected chi connectivity index (χ1v) is 15.5. The van der Waals surface area contributed by atoms with Gasteiger partial charge in [-0.2, -0.15) is 0 Å². The number of carbonyl (C=O) groups excluding carboxylic acids is 4. The normalized spacial score (nSPS) is 37.3. The van der Waals surface area contributed by atoms with Crippen LogP contribution in [0.25, 0.3) is 0 Å². The summed E-state index contributed by atoms with van der Waals surface area (Å²) in [5.41, 5.74) is 11.5. The minimum absolute atomic E-state index is 0.0776. The van der Waals surface area contributed by atoms with Gasteiger partial charge in [0.05, 0.1) is 10.8 Å². The van der Waals surface area contributed by atoms with E-state index in [1.807, 2.05) is 6.92 Å². The molecule has 0 unspecified atom stereocenters. The quantitative estimate of drug-likeness (QED) is 0.295. The van der Waals surface area contributed by atoms with E-state index >= 15 is 0 Å². The highest BCUT2D eigenvalue weighted by Crippen LogP contribution is 2.61. The third-order valence-corrected chi connectivity index (χ3v) is 11.4. The van der Waals surface area contributed by atoms with Gasteiger partial charge in [0.15, 0.2) is 0 Å². The lowest BCUT2D eigenvalue weighted by molar-refractivity contribution is -0.147. The zero-order valence-electron chi connectivity index (χ0n) is 23.8. The second-order valence-electron chi connectivity index (χ2n) is 14.5. The number of carbonyl (C=O) groups is 4. The van der Waals surface area contributed by atoms with Gasteiger partial charge in [0.25, 0.3) is 0 Å². The Morgan fingerprint density at radius 3 is 1.39 bits per heavy atom. The molecule has 0 atom stereocenters. The Balaban J connectivity index is 0.901. The number of nitrogens with one attached hydrogen (secondary N) is 6.